The average molecular weight is 645 g/mol. The molecule has 2 aromatic carbocycles. The van der Waals surface area contributed by atoms with Gasteiger partial charge in [-0.2, -0.15) is 0 Å². The Hall–Kier alpha value is -5.35. The van der Waals surface area contributed by atoms with Gasteiger partial charge < -0.3 is 15.6 Å². The van der Waals surface area contributed by atoms with Crippen LogP contribution in [0, 0.1) is 11.7 Å². The molecular formula is C38H37FN6O3. The molecule has 0 amide bonds. The largest absolute Gasteiger partial charge is 0.507 e. The van der Waals surface area contributed by atoms with Crippen molar-refractivity contribution in [1.29, 1.82) is 0 Å². The van der Waals surface area contributed by atoms with Crippen molar-refractivity contribution in [2.24, 2.45) is 5.92 Å². The number of halogens is 1. The summed E-state index contributed by atoms with van der Waals surface area (Å²) in [4.78, 5) is 29.0. The maximum absolute atomic E-state index is 14.9. The number of fused-ring (bicyclic) bond motifs is 1. The number of carbonyl (C=O) groups excluding carboxylic acids is 1. The minimum Gasteiger partial charge on any atom is -0.507 e. The summed E-state index contributed by atoms with van der Waals surface area (Å²) < 4.78 is 22.2. The molecule has 4 heterocycles. The summed E-state index contributed by atoms with van der Waals surface area (Å²) in [5.41, 5.74) is 12.3. The number of esters is 1. The lowest BCUT2D eigenvalue weighted by atomic mass is 9.85. The second-order valence-corrected chi connectivity index (χ2v) is 13.4. The number of aromatic nitrogens is 4. The van der Waals surface area contributed by atoms with Crippen LogP contribution in [0.2, 0.25) is 0 Å². The SMILES string of the molecule is CC(C)(C)OC(=O)c1c(O)cc(CN2CC(C3=CC=C(n4c(-c5cccnc5N)nc5ccc(-c6ccccc6)nc54)CC3)C2)cc1F. The first kappa shape index (κ1) is 31.3. The highest BCUT2D eigenvalue weighted by Gasteiger charge is 2.32. The molecule has 1 aliphatic heterocycles. The third kappa shape index (κ3) is 6.18. The van der Waals surface area contributed by atoms with Crippen LogP contribution in [-0.4, -0.2) is 54.2 Å². The number of ether oxygens (including phenoxy) is 1. The van der Waals surface area contributed by atoms with Crippen molar-refractivity contribution in [2.45, 2.75) is 45.8 Å². The second kappa shape index (κ2) is 12.4. The first-order valence-corrected chi connectivity index (χ1v) is 16.1. The van der Waals surface area contributed by atoms with Crippen molar-refractivity contribution in [2.75, 3.05) is 18.8 Å². The number of benzene rings is 2. The summed E-state index contributed by atoms with van der Waals surface area (Å²) in [7, 11) is 0. The van der Waals surface area contributed by atoms with Crippen molar-refractivity contribution >= 4 is 28.6 Å². The molecule has 244 valence electrons. The summed E-state index contributed by atoms with van der Waals surface area (Å²) in [5.74, 6) is -0.580. The summed E-state index contributed by atoms with van der Waals surface area (Å²) >= 11 is 0. The van der Waals surface area contributed by atoms with Crippen LogP contribution in [0.25, 0.3) is 39.5 Å². The maximum Gasteiger partial charge on any atom is 0.345 e. The smallest absolute Gasteiger partial charge is 0.345 e. The van der Waals surface area contributed by atoms with E-state index in [4.69, 9.17) is 20.4 Å². The molecule has 0 bridgehead atoms. The van der Waals surface area contributed by atoms with Crippen LogP contribution in [0.3, 0.4) is 0 Å². The zero-order valence-corrected chi connectivity index (χ0v) is 27.2. The van der Waals surface area contributed by atoms with Crippen molar-refractivity contribution in [3.8, 4) is 28.4 Å². The number of nitrogen functional groups attached to an aromatic ring is 1. The van der Waals surface area contributed by atoms with Crippen molar-refractivity contribution < 1.29 is 19.0 Å². The normalized spacial score (nSPS) is 15.6. The number of hydrogen-bond donors (Lipinski definition) is 2. The average Bonchev–Trinajstić information content (AvgIpc) is 3.41. The van der Waals surface area contributed by atoms with Crippen LogP contribution in [-0.2, 0) is 11.3 Å². The Bertz CT molecular complexity index is 2070. The fourth-order valence-corrected chi connectivity index (χ4v) is 6.42. The third-order valence-electron chi connectivity index (χ3n) is 8.72. The molecule has 0 radical (unpaired) electrons. The second-order valence-electron chi connectivity index (χ2n) is 13.4. The number of phenols is 1. The Kier molecular flexibility index (Phi) is 8.04. The highest BCUT2D eigenvalue weighted by molar-refractivity contribution is 5.93. The van der Waals surface area contributed by atoms with Gasteiger partial charge in [-0.05, 0) is 81.7 Å². The van der Waals surface area contributed by atoms with Crippen LogP contribution in [0.4, 0.5) is 10.2 Å². The number of imidazole rings is 1. The molecule has 0 unspecified atom stereocenters. The zero-order valence-electron chi connectivity index (χ0n) is 27.2. The van der Waals surface area contributed by atoms with Crippen LogP contribution in [0.5, 0.6) is 5.75 Å². The molecule has 1 fully saturated rings. The zero-order chi connectivity index (χ0) is 33.6. The molecule has 3 N–H and O–H groups in total. The summed E-state index contributed by atoms with van der Waals surface area (Å²) in [6, 6.07) is 20.6. The Morgan fingerprint density at radius 2 is 1.81 bits per heavy atom. The molecule has 0 atom stereocenters. The van der Waals surface area contributed by atoms with Gasteiger partial charge in [-0.3, -0.25) is 9.47 Å². The van der Waals surface area contributed by atoms with Crippen molar-refractivity contribution in [1.82, 2.24) is 24.4 Å². The standard InChI is InChI=1S/C38H37FN6O3/c1-38(2,3)48-37(47)33-29(39)18-23(19-32(33)46)20-44-21-26(22-44)24-11-13-27(14-12-24)45-35(28-10-7-17-41-34(28)40)43-31-16-15-30(42-36(31)45)25-8-5-4-6-9-25/h4-11,13,15-19,26,46H,12,14,20-22H2,1-3H3,(H2,40,41). The van der Waals surface area contributed by atoms with Crippen LogP contribution >= 0.6 is 0 Å². The summed E-state index contributed by atoms with van der Waals surface area (Å²) in [6.07, 6.45) is 7.70. The van der Waals surface area contributed by atoms with E-state index in [1.807, 2.05) is 54.6 Å². The van der Waals surface area contributed by atoms with E-state index in [1.165, 1.54) is 17.7 Å². The lowest BCUT2D eigenvalue weighted by Gasteiger charge is -2.41. The van der Waals surface area contributed by atoms with Gasteiger partial charge in [0.1, 0.15) is 39.9 Å². The topological polar surface area (TPSA) is 119 Å². The highest BCUT2D eigenvalue weighted by Crippen LogP contribution is 2.38. The third-order valence-corrected chi connectivity index (χ3v) is 8.72. The number of nitrogens with two attached hydrogens (primary N) is 1. The Morgan fingerprint density at radius 3 is 2.50 bits per heavy atom. The van der Waals surface area contributed by atoms with Gasteiger partial charge in [-0.15, -0.1) is 0 Å². The quantitative estimate of drug-likeness (QED) is 0.178. The molecule has 3 aromatic heterocycles. The van der Waals surface area contributed by atoms with E-state index in [2.05, 4.69) is 26.6 Å². The minimum atomic E-state index is -0.878. The van der Waals surface area contributed by atoms with E-state index >= 15 is 0 Å². The van der Waals surface area contributed by atoms with E-state index in [0.29, 0.717) is 29.7 Å². The first-order chi connectivity index (χ1) is 23.0. The minimum absolute atomic E-state index is 0.373. The lowest BCUT2D eigenvalue weighted by molar-refractivity contribution is 0.00616. The van der Waals surface area contributed by atoms with E-state index < -0.39 is 28.7 Å². The number of pyridine rings is 2. The highest BCUT2D eigenvalue weighted by atomic mass is 19.1. The number of anilines is 1. The molecular weight excluding hydrogens is 607 g/mol. The molecule has 2 aliphatic rings. The van der Waals surface area contributed by atoms with Gasteiger partial charge in [-0.1, -0.05) is 42.0 Å². The van der Waals surface area contributed by atoms with Gasteiger partial charge in [0, 0.05) is 43.0 Å². The molecule has 1 aliphatic carbocycles. The first-order valence-electron chi connectivity index (χ1n) is 16.1. The van der Waals surface area contributed by atoms with Crippen LogP contribution in [0.15, 0.2) is 90.7 Å². The fourth-order valence-electron chi connectivity index (χ4n) is 6.42. The van der Waals surface area contributed by atoms with Gasteiger partial charge >= 0.3 is 5.97 Å². The van der Waals surface area contributed by atoms with Gasteiger partial charge in [0.15, 0.2) is 5.65 Å². The molecule has 9 nitrogen and oxygen atoms in total. The van der Waals surface area contributed by atoms with E-state index in [1.54, 1.807) is 27.0 Å². The van der Waals surface area contributed by atoms with Gasteiger partial charge in [0.25, 0.3) is 0 Å². The predicted molar refractivity (Wildman–Crippen MR) is 184 cm³/mol. The number of aromatic hydroxyl groups is 1. The number of carbonyl (C=O) groups is 1. The lowest BCUT2D eigenvalue weighted by Crippen LogP contribution is -2.46. The fraction of sp³-hybridized carbons (Fsp3) is 0.263. The number of likely N-dealkylation sites (tertiary alicyclic amines) is 1. The molecule has 0 saturated carbocycles. The predicted octanol–water partition coefficient (Wildman–Crippen LogP) is 7.24. The van der Waals surface area contributed by atoms with Gasteiger partial charge in [0.05, 0.1) is 11.3 Å². The Balaban J connectivity index is 1.11. The maximum atomic E-state index is 14.9. The monoisotopic (exact) mass is 644 g/mol. The van der Waals surface area contributed by atoms with Crippen LogP contribution in [0.1, 0.15) is 49.5 Å². The number of hydrogen-bond acceptors (Lipinski definition) is 8. The van der Waals surface area contributed by atoms with E-state index in [-0.39, 0.29) is 0 Å². The number of rotatable bonds is 7. The molecule has 5 aromatic rings. The van der Waals surface area contributed by atoms with E-state index in [9.17, 15) is 14.3 Å². The molecule has 10 heteroatoms. The molecule has 7 rings (SSSR count). The van der Waals surface area contributed by atoms with Crippen molar-refractivity contribution in [3.05, 3.63) is 108 Å². The van der Waals surface area contributed by atoms with Gasteiger partial charge in [-0.25, -0.2) is 24.1 Å². The number of allylic oxidation sites excluding steroid dienone is 3. The number of phenolic OH excluding ortho intramolecular Hbond substituents is 1. The van der Waals surface area contributed by atoms with Crippen molar-refractivity contribution in [3.63, 3.8) is 0 Å². The number of nitrogens with zero attached hydrogens (tertiary/aromatic N) is 5. The van der Waals surface area contributed by atoms with Gasteiger partial charge in [0.2, 0.25) is 0 Å². The Morgan fingerprint density at radius 1 is 1.02 bits per heavy atom. The molecule has 0 spiro atoms. The van der Waals surface area contributed by atoms with E-state index in [0.717, 1.165) is 59.6 Å². The molecule has 1 saturated heterocycles. The van der Waals surface area contributed by atoms with Crippen LogP contribution < -0.4 is 5.73 Å². The molecule has 48 heavy (non-hydrogen) atoms. The Labute approximate surface area is 278 Å². The summed E-state index contributed by atoms with van der Waals surface area (Å²) in [5, 5.41) is 10.5. The summed E-state index contributed by atoms with van der Waals surface area (Å²) in [6.45, 7) is 7.19.